The standard InChI is InChI=1S/C26H25N3O4S/c1-18-15-19-7-2-3-12-24(19)29(18)34(32,33)23-11-4-8-20(16-23)26(31)27-21-9-5-10-22(17-21)28-14-6-13-25(28)30/h2-5,7-12,16-18H,6,13-15H2,1H3,(H,27,31). The smallest absolute Gasteiger partial charge is 0.264 e. The molecule has 2 heterocycles. The molecule has 0 aromatic heterocycles. The zero-order valence-corrected chi connectivity index (χ0v) is 19.6. The van der Waals surface area contributed by atoms with E-state index in [1.165, 1.54) is 16.4 Å². The van der Waals surface area contributed by atoms with Crippen LogP contribution in [0.4, 0.5) is 17.1 Å². The Morgan fingerprint density at radius 2 is 1.79 bits per heavy atom. The van der Waals surface area contributed by atoms with Gasteiger partial charge in [-0.1, -0.05) is 30.3 Å². The van der Waals surface area contributed by atoms with Crippen LogP contribution < -0.4 is 14.5 Å². The lowest BCUT2D eigenvalue weighted by Gasteiger charge is -2.24. The Balaban J connectivity index is 1.39. The van der Waals surface area contributed by atoms with Crippen molar-refractivity contribution < 1.29 is 18.0 Å². The predicted octanol–water partition coefficient (Wildman–Crippen LogP) is 4.21. The molecule has 1 saturated heterocycles. The molecule has 2 amide bonds. The highest BCUT2D eigenvalue weighted by Crippen LogP contribution is 2.36. The Labute approximate surface area is 199 Å². The van der Waals surface area contributed by atoms with Gasteiger partial charge in [-0.05, 0) is 67.8 Å². The van der Waals surface area contributed by atoms with Crippen LogP contribution in [0.25, 0.3) is 0 Å². The molecule has 5 rings (SSSR count). The zero-order chi connectivity index (χ0) is 23.9. The molecular weight excluding hydrogens is 450 g/mol. The average Bonchev–Trinajstić information content (AvgIpc) is 3.41. The van der Waals surface area contributed by atoms with Crippen LogP contribution in [0.5, 0.6) is 0 Å². The Morgan fingerprint density at radius 3 is 2.59 bits per heavy atom. The fourth-order valence-electron chi connectivity index (χ4n) is 4.69. The molecule has 3 aromatic carbocycles. The number of hydrogen-bond donors (Lipinski definition) is 1. The number of hydrogen-bond acceptors (Lipinski definition) is 4. The monoisotopic (exact) mass is 475 g/mol. The van der Waals surface area contributed by atoms with Gasteiger partial charge in [0.05, 0.1) is 10.6 Å². The van der Waals surface area contributed by atoms with E-state index in [1.54, 1.807) is 35.2 Å². The summed E-state index contributed by atoms with van der Waals surface area (Å²) in [7, 11) is -3.84. The van der Waals surface area contributed by atoms with Gasteiger partial charge in [-0.2, -0.15) is 0 Å². The first-order valence-electron chi connectivity index (χ1n) is 11.3. The summed E-state index contributed by atoms with van der Waals surface area (Å²) in [5.41, 5.74) is 3.18. The van der Waals surface area contributed by atoms with Crippen molar-refractivity contribution in [3.63, 3.8) is 0 Å². The summed E-state index contributed by atoms with van der Waals surface area (Å²) < 4.78 is 28.5. The summed E-state index contributed by atoms with van der Waals surface area (Å²) in [5.74, 6) is -0.351. The molecule has 34 heavy (non-hydrogen) atoms. The summed E-state index contributed by atoms with van der Waals surface area (Å²) in [4.78, 5) is 26.8. The Hall–Kier alpha value is -3.65. The normalized spacial score (nSPS) is 17.7. The average molecular weight is 476 g/mol. The van der Waals surface area contributed by atoms with Crippen LogP contribution in [-0.4, -0.2) is 32.8 Å². The number of amides is 2. The van der Waals surface area contributed by atoms with Crippen molar-refractivity contribution in [3.8, 4) is 0 Å². The van der Waals surface area contributed by atoms with Crippen molar-refractivity contribution in [2.24, 2.45) is 0 Å². The molecule has 0 bridgehead atoms. The lowest BCUT2D eigenvalue weighted by atomic mass is 10.1. The third-order valence-corrected chi connectivity index (χ3v) is 8.21. The number of fused-ring (bicyclic) bond motifs is 1. The van der Waals surface area contributed by atoms with Gasteiger partial charge < -0.3 is 10.2 Å². The number of nitrogens with one attached hydrogen (secondary N) is 1. The third-order valence-electron chi connectivity index (χ3n) is 6.29. The van der Waals surface area contributed by atoms with Gasteiger partial charge in [-0.25, -0.2) is 8.42 Å². The molecule has 3 aromatic rings. The third kappa shape index (κ3) is 3.94. The van der Waals surface area contributed by atoms with Crippen LogP contribution in [0.3, 0.4) is 0 Å². The Morgan fingerprint density at radius 1 is 1.00 bits per heavy atom. The van der Waals surface area contributed by atoms with Gasteiger partial charge in [0, 0.05) is 35.9 Å². The number of sulfonamides is 1. The van der Waals surface area contributed by atoms with Crippen LogP contribution in [0.1, 0.15) is 35.7 Å². The van der Waals surface area contributed by atoms with E-state index in [1.807, 2.05) is 37.3 Å². The van der Waals surface area contributed by atoms with Crippen LogP contribution >= 0.6 is 0 Å². The molecule has 8 heteroatoms. The fourth-order valence-corrected chi connectivity index (χ4v) is 6.43. The van der Waals surface area contributed by atoms with Crippen molar-refractivity contribution in [2.75, 3.05) is 21.1 Å². The summed E-state index contributed by atoms with van der Waals surface area (Å²) in [6.45, 7) is 2.54. The van der Waals surface area contributed by atoms with E-state index in [4.69, 9.17) is 0 Å². The number of benzene rings is 3. The molecule has 2 aliphatic rings. The summed E-state index contributed by atoms with van der Waals surface area (Å²) in [6, 6.07) is 20.5. The van der Waals surface area contributed by atoms with Crippen LogP contribution in [0.15, 0.2) is 77.7 Å². The van der Waals surface area contributed by atoms with Gasteiger partial charge in [-0.15, -0.1) is 0 Å². The number of rotatable bonds is 5. The van der Waals surface area contributed by atoms with E-state index in [9.17, 15) is 18.0 Å². The minimum Gasteiger partial charge on any atom is -0.322 e. The maximum Gasteiger partial charge on any atom is 0.264 e. The number of carbonyl (C=O) groups excluding carboxylic acids is 2. The minimum absolute atomic E-state index is 0.0686. The highest BCUT2D eigenvalue weighted by atomic mass is 32.2. The second-order valence-corrected chi connectivity index (χ2v) is 10.5. The number of para-hydroxylation sites is 1. The van der Waals surface area contributed by atoms with Gasteiger partial charge in [0.15, 0.2) is 0 Å². The first-order chi connectivity index (χ1) is 16.3. The summed E-state index contributed by atoms with van der Waals surface area (Å²) in [6.07, 6.45) is 1.99. The van der Waals surface area contributed by atoms with E-state index in [0.29, 0.717) is 30.8 Å². The van der Waals surface area contributed by atoms with Crippen LogP contribution in [-0.2, 0) is 21.2 Å². The topological polar surface area (TPSA) is 86.8 Å². The number of nitrogens with zero attached hydrogens (tertiary/aromatic N) is 2. The van der Waals surface area contributed by atoms with Crippen molar-refractivity contribution in [3.05, 3.63) is 83.9 Å². The van der Waals surface area contributed by atoms with Gasteiger partial charge >= 0.3 is 0 Å². The molecular formula is C26H25N3O4S. The molecule has 7 nitrogen and oxygen atoms in total. The summed E-state index contributed by atoms with van der Waals surface area (Å²) >= 11 is 0. The first-order valence-corrected chi connectivity index (χ1v) is 12.7. The molecule has 0 spiro atoms. The lowest BCUT2D eigenvalue weighted by Crippen LogP contribution is -2.35. The minimum atomic E-state index is -3.84. The van der Waals surface area contributed by atoms with E-state index in [0.717, 1.165) is 17.7 Å². The van der Waals surface area contributed by atoms with E-state index in [-0.39, 0.29) is 22.4 Å². The van der Waals surface area contributed by atoms with Gasteiger partial charge in [0.1, 0.15) is 0 Å². The number of anilines is 3. The molecule has 1 fully saturated rings. The maximum atomic E-state index is 13.5. The number of carbonyl (C=O) groups is 2. The van der Waals surface area contributed by atoms with E-state index < -0.39 is 15.9 Å². The maximum absolute atomic E-state index is 13.5. The largest absolute Gasteiger partial charge is 0.322 e. The second kappa shape index (κ2) is 8.61. The van der Waals surface area contributed by atoms with Gasteiger partial charge in [-0.3, -0.25) is 13.9 Å². The fraction of sp³-hybridized carbons (Fsp3) is 0.231. The SMILES string of the molecule is CC1Cc2ccccc2N1S(=O)(=O)c1cccc(C(=O)Nc2cccc(N3CCCC3=O)c2)c1. The van der Waals surface area contributed by atoms with E-state index in [2.05, 4.69) is 5.32 Å². The first kappa shape index (κ1) is 22.2. The quantitative estimate of drug-likeness (QED) is 0.599. The molecule has 0 saturated carbocycles. The van der Waals surface area contributed by atoms with Crippen molar-refractivity contribution in [1.82, 2.24) is 0 Å². The van der Waals surface area contributed by atoms with Crippen molar-refractivity contribution >= 4 is 38.9 Å². The van der Waals surface area contributed by atoms with Crippen molar-refractivity contribution in [1.29, 1.82) is 0 Å². The van der Waals surface area contributed by atoms with Gasteiger partial charge in [0.25, 0.3) is 15.9 Å². The molecule has 0 radical (unpaired) electrons. The molecule has 0 aliphatic carbocycles. The highest BCUT2D eigenvalue weighted by molar-refractivity contribution is 7.92. The van der Waals surface area contributed by atoms with Crippen LogP contribution in [0, 0.1) is 0 Å². The zero-order valence-electron chi connectivity index (χ0n) is 18.8. The Kier molecular flexibility index (Phi) is 5.61. The lowest BCUT2D eigenvalue weighted by molar-refractivity contribution is -0.117. The van der Waals surface area contributed by atoms with E-state index >= 15 is 0 Å². The van der Waals surface area contributed by atoms with Gasteiger partial charge in [0.2, 0.25) is 5.91 Å². The summed E-state index contributed by atoms with van der Waals surface area (Å²) in [5, 5.41) is 2.82. The molecule has 174 valence electrons. The highest BCUT2D eigenvalue weighted by Gasteiger charge is 2.36. The second-order valence-electron chi connectivity index (χ2n) is 8.66. The molecule has 1 unspecified atom stereocenters. The molecule has 1 atom stereocenters. The predicted molar refractivity (Wildman–Crippen MR) is 132 cm³/mol. The molecule has 2 aliphatic heterocycles. The van der Waals surface area contributed by atoms with Crippen LogP contribution in [0.2, 0.25) is 0 Å². The van der Waals surface area contributed by atoms with Crippen molar-refractivity contribution in [2.45, 2.75) is 37.1 Å². The Bertz CT molecular complexity index is 1390. The molecule has 1 N–H and O–H groups in total.